The van der Waals surface area contributed by atoms with Crippen LogP contribution in [0.15, 0.2) is 41.1 Å². The number of allylic oxidation sites excluding steroid dienone is 1. The van der Waals surface area contributed by atoms with Crippen LogP contribution >= 0.6 is 0 Å². The van der Waals surface area contributed by atoms with Crippen molar-refractivity contribution in [1.82, 2.24) is 0 Å². The summed E-state index contributed by atoms with van der Waals surface area (Å²) in [5.41, 5.74) is 4.52. The van der Waals surface area contributed by atoms with E-state index in [2.05, 4.69) is 12.3 Å². The van der Waals surface area contributed by atoms with Crippen LogP contribution in [-0.2, 0) is 25.7 Å². The van der Waals surface area contributed by atoms with Gasteiger partial charge in [0, 0.05) is 17.6 Å². The number of rotatable bonds is 6. The minimum atomic E-state index is -4.31. The number of anilines is 1. The fraction of sp³-hybridized carbons (Fsp3) is 0.438. The molecule has 2 rings (SSSR count). The fourth-order valence-electron chi connectivity index (χ4n) is 3.10. The van der Waals surface area contributed by atoms with Gasteiger partial charge in [0.25, 0.3) is 20.2 Å². The summed E-state index contributed by atoms with van der Waals surface area (Å²) in [4.78, 5) is 1.72. The summed E-state index contributed by atoms with van der Waals surface area (Å²) in [5.74, 6) is -0.314. The van der Waals surface area contributed by atoms with Gasteiger partial charge >= 0.3 is 0 Å². The van der Waals surface area contributed by atoms with Crippen LogP contribution in [0.3, 0.4) is 0 Å². The van der Waals surface area contributed by atoms with E-state index in [0.717, 1.165) is 11.4 Å². The average molecular weight is 387 g/mol. The summed E-state index contributed by atoms with van der Waals surface area (Å²) in [6.07, 6.45) is 0.791. The molecular formula is C16H21NO6S2. The second kappa shape index (κ2) is 6.59. The predicted molar refractivity (Wildman–Crippen MR) is 94.9 cm³/mol. The first-order valence-electron chi connectivity index (χ1n) is 7.63. The molecule has 0 amide bonds. The van der Waals surface area contributed by atoms with E-state index in [-0.39, 0.29) is 10.6 Å². The lowest BCUT2D eigenvalue weighted by Crippen LogP contribution is -2.26. The highest BCUT2D eigenvalue weighted by Gasteiger charge is 2.40. The zero-order chi connectivity index (χ0) is 19.0. The van der Waals surface area contributed by atoms with Crippen molar-refractivity contribution in [3.63, 3.8) is 0 Å². The maximum absolute atomic E-state index is 11.4. The Morgan fingerprint density at radius 1 is 1.16 bits per heavy atom. The third-order valence-corrected chi connectivity index (χ3v) is 5.95. The third-order valence-electron chi connectivity index (χ3n) is 4.29. The van der Waals surface area contributed by atoms with Crippen molar-refractivity contribution in [2.75, 3.05) is 17.2 Å². The van der Waals surface area contributed by atoms with Gasteiger partial charge < -0.3 is 4.90 Å². The summed E-state index contributed by atoms with van der Waals surface area (Å²) in [7, 11) is -8.30. The van der Waals surface area contributed by atoms with Crippen molar-refractivity contribution in [3.05, 3.63) is 41.8 Å². The van der Waals surface area contributed by atoms with E-state index in [1.54, 1.807) is 6.07 Å². The Morgan fingerprint density at radius 3 is 2.32 bits per heavy atom. The highest BCUT2D eigenvalue weighted by molar-refractivity contribution is 7.86. The molecule has 1 aliphatic rings. The van der Waals surface area contributed by atoms with E-state index in [0.29, 0.717) is 24.9 Å². The zero-order valence-corrected chi connectivity index (χ0v) is 15.7. The van der Waals surface area contributed by atoms with Gasteiger partial charge in [-0.25, -0.2) is 0 Å². The van der Waals surface area contributed by atoms with Crippen LogP contribution in [0.25, 0.3) is 0 Å². The molecule has 0 unspecified atom stereocenters. The molecule has 0 fully saturated rings. The molecule has 1 aromatic rings. The SMILES string of the molecule is C=C=C1N(CCCCS(=O)(=O)O)c2ccc(S(=O)(=O)O)cc2C1(C)C. The molecule has 0 aromatic heterocycles. The van der Waals surface area contributed by atoms with Gasteiger partial charge in [-0.15, -0.1) is 5.73 Å². The van der Waals surface area contributed by atoms with E-state index >= 15 is 0 Å². The van der Waals surface area contributed by atoms with Gasteiger partial charge in [-0.2, -0.15) is 16.8 Å². The number of hydrogen-bond acceptors (Lipinski definition) is 5. The van der Waals surface area contributed by atoms with E-state index in [1.807, 2.05) is 18.7 Å². The first kappa shape index (κ1) is 19.7. The van der Waals surface area contributed by atoms with Crippen molar-refractivity contribution >= 4 is 25.9 Å². The van der Waals surface area contributed by atoms with Gasteiger partial charge in [0.1, 0.15) is 0 Å². The van der Waals surface area contributed by atoms with Crippen LogP contribution in [0.4, 0.5) is 5.69 Å². The lowest BCUT2D eigenvalue weighted by Gasteiger charge is -2.25. The van der Waals surface area contributed by atoms with Crippen LogP contribution in [0.2, 0.25) is 0 Å². The zero-order valence-electron chi connectivity index (χ0n) is 14.1. The Balaban J connectivity index is 2.36. The molecule has 0 spiro atoms. The molecule has 9 heteroatoms. The highest BCUT2D eigenvalue weighted by Crippen LogP contribution is 2.47. The van der Waals surface area contributed by atoms with Crippen molar-refractivity contribution in [1.29, 1.82) is 0 Å². The lowest BCUT2D eigenvalue weighted by molar-refractivity contribution is 0.478. The van der Waals surface area contributed by atoms with Gasteiger partial charge in [-0.3, -0.25) is 9.11 Å². The fourth-order valence-corrected chi connectivity index (χ4v) is 4.18. The van der Waals surface area contributed by atoms with Gasteiger partial charge in [0.2, 0.25) is 0 Å². The Hall–Kier alpha value is -1.64. The van der Waals surface area contributed by atoms with Crippen LogP contribution in [0.1, 0.15) is 32.3 Å². The van der Waals surface area contributed by atoms with Crippen LogP contribution in [-0.4, -0.2) is 38.2 Å². The minimum Gasteiger partial charge on any atom is -0.338 e. The van der Waals surface area contributed by atoms with Gasteiger partial charge in [-0.1, -0.05) is 6.58 Å². The van der Waals surface area contributed by atoms with Gasteiger partial charge in [0.05, 0.1) is 16.3 Å². The minimum absolute atomic E-state index is 0.184. The molecule has 0 radical (unpaired) electrons. The van der Waals surface area contributed by atoms with Crippen LogP contribution < -0.4 is 4.90 Å². The molecule has 1 aliphatic heterocycles. The van der Waals surface area contributed by atoms with E-state index in [1.165, 1.54) is 12.1 Å². The molecule has 25 heavy (non-hydrogen) atoms. The third kappa shape index (κ3) is 4.13. The lowest BCUT2D eigenvalue weighted by atomic mass is 9.84. The van der Waals surface area contributed by atoms with Crippen molar-refractivity contribution in [3.8, 4) is 0 Å². The maximum Gasteiger partial charge on any atom is 0.294 e. The highest BCUT2D eigenvalue weighted by atomic mass is 32.2. The Labute approximate surface area is 148 Å². The Morgan fingerprint density at radius 2 is 1.80 bits per heavy atom. The number of fused-ring (bicyclic) bond motifs is 1. The van der Waals surface area contributed by atoms with E-state index in [9.17, 15) is 21.4 Å². The molecule has 138 valence electrons. The molecule has 0 saturated heterocycles. The molecule has 2 N–H and O–H groups in total. The number of unbranched alkanes of at least 4 members (excludes halogenated alkanes) is 1. The second-order valence-electron chi connectivity index (χ2n) is 6.45. The Kier molecular flexibility index (Phi) is 5.18. The summed E-state index contributed by atoms with van der Waals surface area (Å²) in [6.45, 7) is 7.96. The van der Waals surface area contributed by atoms with Crippen LogP contribution in [0.5, 0.6) is 0 Å². The van der Waals surface area contributed by atoms with E-state index in [4.69, 9.17) is 4.55 Å². The maximum atomic E-state index is 11.4. The predicted octanol–water partition coefficient (Wildman–Crippen LogP) is 2.37. The summed E-state index contributed by atoms with van der Waals surface area (Å²) in [6, 6.07) is 4.36. The summed E-state index contributed by atoms with van der Waals surface area (Å²) < 4.78 is 62.5. The van der Waals surface area contributed by atoms with Crippen molar-refractivity contribution in [2.45, 2.75) is 37.0 Å². The quantitative estimate of drug-likeness (QED) is 0.438. The van der Waals surface area contributed by atoms with Crippen LogP contribution in [0, 0.1) is 0 Å². The Bertz CT molecular complexity index is 941. The molecule has 0 atom stereocenters. The van der Waals surface area contributed by atoms with Crippen molar-refractivity contribution in [2.24, 2.45) is 0 Å². The number of nitrogens with zero attached hydrogens (tertiary/aromatic N) is 1. The first-order chi connectivity index (χ1) is 11.4. The number of benzene rings is 1. The molecule has 7 nitrogen and oxygen atoms in total. The average Bonchev–Trinajstić information content (AvgIpc) is 2.68. The molecule has 0 saturated carbocycles. The normalized spacial score (nSPS) is 16.6. The molecule has 1 heterocycles. The molecular weight excluding hydrogens is 366 g/mol. The van der Waals surface area contributed by atoms with Gasteiger partial charge in [-0.05, 0) is 50.5 Å². The summed E-state index contributed by atoms with van der Waals surface area (Å²) in [5, 5.41) is 0. The molecule has 1 aromatic carbocycles. The summed E-state index contributed by atoms with van der Waals surface area (Å²) >= 11 is 0. The van der Waals surface area contributed by atoms with Crippen molar-refractivity contribution < 1.29 is 25.9 Å². The largest absolute Gasteiger partial charge is 0.338 e. The molecule has 0 aliphatic carbocycles. The monoisotopic (exact) mass is 387 g/mol. The van der Waals surface area contributed by atoms with Gasteiger partial charge in [0.15, 0.2) is 0 Å². The topological polar surface area (TPSA) is 112 Å². The number of hydrogen-bond donors (Lipinski definition) is 2. The smallest absolute Gasteiger partial charge is 0.294 e. The van der Waals surface area contributed by atoms with E-state index < -0.39 is 25.7 Å². The molecule has 0 bridgehead atoms. The standard InChI is InChI=1S/C16H21NO6S2/c1-4-15-16(2,3)13-11-12(25(21,22)23)7-8-14(13)17(15)9-5-6-10-24(18,19)20/h7-8,11H,1,5-6,9-10H2,2-3H3,(H,18,19,20)(H,21,22,23). The first-order valence-corrected chi connectivity index (χ1v) is 10.7. The second-order valence-corrected chi connectivity index (χ2v) is 9.44.